The third-order valence-electron chi connectivity index (χ3n) is 6.16. The maximum Gasteiger partial charge on any atom is 0.230 e. The molecule has 2 N–H and O–H groups in total. The third-order valence-corrected chi connectivity index (χ3v) is 6.41. The largest absolute Gasteiger partial charge is 0.383 e. The molecule has 0 spiro atoms. The van der Waals surface area contributed by atoms with Gasteiger partial charge in [-0.25, -0.2) is 0 Å². The molecule has 0 aliphatic heterocycles. The number of nitrogens with one attached hydrogen (secondary N) is 1. The Morgan fingerprint density at radius 3 is 2.46 bits per heavy atom. The molecule has 0 radical (unpaired) electrons. The molecule has 2 aromatic carbocycles. The summed E-state index contributed by atoms with van der Waals surface area (Å²) in [6, 6.07) is 15.6. The summed E-state index contributed by atoms with van der Waals surface area (Å²) in [6.45, 7) is 0.262. The van der Waals surface area contributed by atoms with Crippen molar-refractivity contribution >= 4 is 17.5 Å². The molecule has 2 aliphatic rings. The Morgan fingerprint density at radius 2 is 1.73 bits per heavy atom. The van der Waals surface area contributed by atoms with E-state index < -0.39 is 11.0 Å². The molecule has 0 unspecified atom stereocenters. The number of hydrogen-bond acceptors (Lipinski definition) is 2. The maximum absolute atomic E-state index is 13.2. The molecule has 2 aromatic rings. The van der Waals surface area contributed by atoms with Gasteiger partial charge in [-0.2, -0.15) is 0 Å². The van der Waals surface area contributed by atoms with Crippen LogP contribution in [0.25, 0.3) is 0 Å². The minimum atomic E-state index is -0.966. The predicted octanol–water partition coefficient (Wildman–Crippen LogP) is 4.10. The van der Waals surface area contributed by atoms with Crippen molar-refractivity contribution < 1.29 is 9.90 Å². The molecule has 136 valence electrons. The topological polar surface area (TPSA) is 49.3 Å². The number of benzene rings is 2. The first-order chi connectivity index (χ1) is 12.5. The molecule has 1 saturated carbocycles. The second-order valence-corrected chi connectivity index (χ2v) is 8.10. The summed E-state index contributed by atoms with van der Waals surface area (Å²) in [4.78, 5) is 13.2. The molecule has 3 nitrogen and oxygen atoms in total. The predicted molar refractivity (Wildman–Crippen MR) is 103 cm³/mol. The van der Waals surface area contributed by atoms with E-state index in [1.807, 2.05) is 42.5 Å². The molecule has 26 heavy (non-hydrogen) atoms. The minimum absolute atomic E-state index is 0.0233. The monoisotopic (exact) mass is 369 g/mol. The van der Waals surface area contributed by atoms with Gasteiger partial charge in [-0.1, -0.05) is 60.8 Å². The molecular formula is C22H24ClNO2. The van der Waals surface area contributed by atoms with E-state index in [9.17, 15) is 9.90 Å². The number of carbonyl (C=O) groups excluding carboxylic acids is 1. The molecule has 0 saturated heterocycles. The van der Waals surface area contributed by atoms with Crippen LogP contribution in [-0.4, -0.2) is 17.6 Å². The van der Waals surface area contributed by atoms with Gasteiger partial charge in [-0.05, 0) is 54.5 Å². The molecular weight excluding hydrogens is 346 g/mol. The highest BCUT2D eigenvalue weighted by atomic mass is 35.5. The summed E-state index contributed by atoms with van der Waals surface area (Å²) in [7, 11) is 0. The number of fused-ring (bicyclic) bond motifs is 1. The van der Waals surface area contributed by atoms with Crippen LogP contribution >= 0.6 is 11.6 Å². The van der Waals surface area contributed by atoms with Crippen molar-refractivity contribution in [3.8, 4) is 0 Å². The second kappa shape index (κ2) is 6.71. The summed E-state index contributed by atoms with van der Waals surface area (Å²) in [5, 5.41) is 14.9. The van der Waals surface area contributed by atoms with Crippen LogP contribution in [0.1, 0.15) is 48.8 Å². The minimum Gasteiger partial charge on any atom is -0.383 e. The number of hydrogen-bond donors (Lipinski definition) is 2. The molecule has 2 aliphatic carbocycles. The van der Waals surface area contributed by atoms with Crippen LogP contribution in [-0.2, 0) is 22.2 Å². The van der Waals surface area contributed by atoms with Crippen LogP contribution in [0.2, 0.25) is 5.02 Å². The highest BCUT2D eigenvalue weighted by molar-refractivity contribution is 6.30. The van der Waals surface area contributed by atoms with Crippen LogP contribution in [0, 0.1) is 0 Å². The van der Waals surface area contributed by atoms with E-state index in [1.54, 1.807) is 0 Å². The fraction of sp³-hybridized carbons (Fsp3) is 0.409. The molecule has 0 heterocycles. The van der Waals surface area contributed by atoms with Crippen molar-refractivity contribution in [2.24, 2.45) is 0 Å². The summed E-state index contributed by atoms with van der Waals surface area (Å²) in [6.07, 6.45) is 5.28. The van der Waals surface area contributed by atoms with E-state index in [1.165, 1.54) is 5.56 Å². The van der Waals surface area contributed by atoms with E-state index >= 15 is 0 Å². The fourth-order valence-corrected chi connectivity index (χ4v) is 4.77. The SMILES string of the molecule is O=C(NC[C@]1(O)CCc2ccccc21)C1(c2ccc(Cl)cc2)CCCC1. The zero-order valence-corrected chi connectivity index (χ0v) is 15.6. The summed E-state index contributed by atoms with van der Waals surface area (Å²) in [5.41, 5.74) is 1.69. The second-order valence-electron chi connectivity index (χ2n) is 7.67. The van der Waals surface area contributed by atoms with Crippen molar-refractivity contribution in [3.05, 3.63) is 70.2 Å². The van der Waals surface area contributed by atoms with Gasteiger partial charge < -0.3 is 10.4 Å². The molecule has 1 amide bonds. The van der Waals surface area contributed by atoms with Gasteiger partial charge in [0.1, 0.15) is 5.60 Å². The number of amides is 1. The van der Waals surface area contributed by atoms with Crippen LogP contribution in [0.4, 0.5) is 0 Å². The number of aliphatic hydroxyl groups is 1. The average molecular weight is 370 g/mol. The molecule has 1 atom stereocenters. The summed E-state index contributed by atoms with van der Waals surface area (Å²) in [5.74, 6) is 0.0233. The number of halogens is 1. The lowest BCUT2D eigenvalue weighted by Gasteiger charge is -2.31. The maximum atomic E-state index is 13.2. The quantitative estimate of drug-likeness (QED) is 0.852. The van der Waals surface area contributed by atoms with Crippen molar-refractivity contribution in [3.63, 3.8) is 0 Å². The molecule has 0 aromatic heterocycles. The Labute approximate surface area is 159 Å². The van der Waals surface area contributed by atoms with Crippen LogP contribution in [0.5, 0.6) is 0 Å². The lowest BCUT2D eigenvalue weighted by atomic mass is 9.78. The summed E-state index contributed by atoms with van der Waals surface area (Å²) >= 11 is 6.02. The van der Waals surface area contributed by atoms with Gasteiger partial charge in [-0.15, -0.1) is 0 Å². The molecule has 0 bridgehead atoms. The summed E-state index contributed by atoms with van der Waals surface area (Å²) < 4.78 is 0. The van der Waals surface area contributed by atoms with Crippen molar-refractivity contribution in [2.45, 2.75) is 49.5 Å². The van der Waals surface area contributed by atoms with Crippen LogP contribution in [0.15, 0.2) is 48.5 Å². The van der Waals surface area contributed by atoms with Gasteiger partial charge >= 0.3 is 0 Å². The van der Waals surface area contributed by atoms with Gasteiger partial charge in [-0.3, -0.25) is 4.79 Å². The molecule has 4 rings (SSSR count). The van der Waals surface area contributed by atoms with Gasteiger partial charge in [0.15, 0.2) is 0 Å². The number of rotatable bonds is 4. The first-order valence-electron chi connectivity index (χ1n) is 9.39. The first-order valence-corrected chi connectivity index (χ1v) is 9.76. The van der Waals surface area contributed by atoms with Gasteiger partial charge in [0, 0.05) is 5.02 Å². The van der Waals surface area contributed by atoms with Crippen molar-refractivity contribution in [1.82, 2.24) is 5.32 Å². The number of aryl methyl sites for hydroxylation is 1. The van der Waals surface area contributed by atoms with Crippen LogP contribution in [0.3, 0.4) is 0 Å². The van der Waals surface area contributed by atoms with E-state index in [-0.39, 0.29) is 12.5 Å². The lowest BCUT2D eigenvalue weighted by Crippen LogP contribution is -2.47. The highest BCUT2D eigenvalue weighted by Gasteiger charge is 2.44. The smallest absolute Gasteiger partial charge is 0.230 e. The Morgan fingerprint density at radius 1 is 1.04 bits per heavy atom. The fourth-order valence-electron chi connectivity index (χ4n) is 4.64. The average Bonchev–Trinajstić information content (AvgIpc) is 3.28. The zero-order chi connectivity index (χ0) is 18.2. The zero-order valence-electron chi connectivity index (χ0n) is 14.8. The normalized spacial score (nSPS) is 23.6. The van der Waals surface area contributed by atoms with Gasteiger partial charge in [0.25, 0.3) is 0 Å². The van der Waals surface area contributed by atoms with Crippen molar-refractivity contribution in [2.75, 3.05) is 6.54 Å². The third kappa shape index (κ3) is 2.93. The highest BCUT2D eigenvalue weighted by Crippen LogP contribution is 2.42. The van der Waals surface area contributed by atoms with E-state index in [0.29, 0.717) is 11.4 Å². The Balaban J connectivity index is 1.54. The van der Waals surface area contributed by atoms with Gasteiger partial charge in [0.05, 0.1) is 12.0 Å². The van der Waals surface area contributed by atoms with Crippen molar-refractivity contribution in [1.29, 1.82) is 0 Å². The van der Waals surface area contributed by atoms with E-state index in [0.717, 1.165) is 43.2 Å². The lowest BCUT2D eigenvalue weighted by molar-refractivity contribution is -0.128. The van der Waals surface area contributed by atoms with E-state index in [4.69, 9.17) is 11.6 Å². The Bertz CT molecular complexity index is 811. The Kier molecular flexibility index (Phi) is 4.54. The van der Waals surface area contributed by atoms with E-state index in [2.05, 4.69) is 11.4 Å². The standard InChI is InChI=1S/C22H24ClNO2/c23-18-9-7-17(8-10-18)21(12-3-4-13-21)20(25)24-15-22(26)14-11-16-5-1-2-6-19(16)22/h1-2,5-10,26H,3-4,11-15H2,(H,24,25)/t22-/m1/s1. The first kappa shape index (κ1) is 17.6. The van der Waals surface area contributed by atoms with Crippen LogP contribution < -0.4 is 5.32 Å². The van der Waals surface area contributed by atoms with Gasteiger partial charge in [0.2, 0.25) is 5.91 Å². The Hall–Kier alpha value is -1.84. The molecule has 1 fully saturated rings. The number of carbonyl (C=O) groups is 1. The molecule has 4 heteroatoms.